The van der Waals surface area contributed by atoms with Crippen molar-refractivity contribution in [3.63, 3.8) is 0 Å². The summed E-state index contributed by atoms with van der Waals surface area (Å²) in [5, 5.41) is 3.23. The summed E-state index contributed by atoms with van der Waals surface area (Å²) in [6.07, 6.45) is 10.7. The van der Waals surface area contributed by atoms with Crippen LogP contribution in [0.15, 0.2) is 30.5 Å². The minimum Gasteiger partial charge on any atom is -0.456 e. The molecule has 0 unspecified atom stereocenters. The van der Waals surface area contributed by atoms with Crippen LogP contribution in [0, 0.1) is 17.8 Å². The lowest BCUT2D eigenvalue weighted by Crippen LogP contribution is -2.60. The van der Waals surface area contributed by atoms with Crippen LogP contribution in [0.25, 0.3) is 6.08 Å². The van der Waals surface area contributed by atoms with Gasteiger partial charge in [-0.15, -0.1) is 0 Å². The Balaban J connectivity index is 1.18. The summed E-state index contributed by atoms with van der Waals surface area (Å²) in [7, 11) is 0. The molecule has 0 saturated heterocycles. The van der Waals surface area contributed by atoms with Gasteiger partial charge in [0.05, 0.1) is 12.5 Å². The molecule has 6 nitrogen and oxygen atoms in total. The van der Waals surface area contributed by atoms with Crippen molar-refractivity contribution in [3.05, 3.63) is 41.6 Å². The molecule has 1 aliphatic heterocycles. The monoisotopic (exact) mass is 422 g/mol. The maximum atomic E-state index is 12.6. The minimum absolute atomic E-state index is 0.0194. The van der Waals surface area contributed by atoms with Gasteiger partial charge in [0.15, 0.2) is 6.61 Å². The highest BCUT2D eigenvalue weighted by atomic mass is 16.5. The number of hydrogen-bond donors (Lipinski definition) is 1. The number of amides is 2. The molecular formula is C25H30N2O4. The standard InChI is InChI=1S/C25H30N2O4/c1-16(28)27-7-6-20-4-2-3-5-21(20)22(27)11-24(30)31-15-23(29)26-25-12-17-8-18(13-25)10-19(9-17)14-25/h2-7,17-19,22H,8-15H2,1H3,(H,26,29)/t17?,18?,19?,22-,25?/m1/s1. The van der Waals surface area contributed by atoms with Gasteiger partial charge in [-0.25, -0.2) is 0 Å². The summed E-state index contributed by atoms with van der Waals surface area (Å²) < 4.78 is 5.35. The highest BCUT2D eigenvalue weighted by Gasteiger charge is 2.51. The molecule has 5 aliphatic rings. The summed E-state index contributed by atoms with van der Waals surface area (Å²) in [6.45, 7) is 1.22. The number of carbonyl (C=O) groups excluding carboxylic acids is 3. The van der Waals surface area contributed by atoms with Crippen LogP contribution in [0.1, 0.15) is 69.0 Å². The van der Waals surface area contributed by atoms with Gasteiger partial charge in [0.25, 0.3) is 5.91 Å². The first-order valence-corrected chi connectivity index (χ1v) is 11.4. The molecule has 6 rings (SSSR count). The number of nitrogens with zero attached hydrogens (tertiary/aromatic N) is 1. The van der Waals surface area contributed by atoms with E-state index in [0.717, 1.165) is 48.1 Å². The lowest BCUT2D eigenvalue weighted by Gasteiger charge is -2.56. The zero-order chi connectivity index (χ0) is 21.6. The molecule has 4 aliphatic carbocycles. The minimum atomic E-state index is -0.470. The van der Waals surface area contributed by atoms with Crippen molar-refractivity contribution in [1.82, 2.24) is 10.2 Å². The van der Waals surface area contributed by atoms with Crippen LogP contribution in [0.4, 0.5) is 0 Å². The van der Waals surface area contributed by atoms with Gasteiger partial charge in [0.2, 0.25) is 5.91 Å². The first-order valence-electron chi connectivity index (χ1n) is 11.4. The average Bonchev–Trinajstić information content (AvgIpc) is 2.71. The second-order valence-corrected chi connectivity index (χ2v) is 10.00. The normalized spacial score (nSPS) is 32.5. The van der Waals surface area contributed by atoms with E-state index in [-0.39, 0.29) is 30.4 Å². The summed E-state index contributed by atoms with van der Waals surface area (Å²) in [4.78, 5) is 38.9. The number of carbonyl (C=O) groups is 3. The van der Waals surface area contributed by atoms with E-state index in [1.807, 2.05) is 30.3 Å². The van der Waals surface area contributed by atoms with Crippen molar-refractivity contribution >= 4 is 23.9 Å². The van der Waals surface area contributed by atoms with E-state index in [2.05, 4.69) is 5.32 Å². The molecule has 0 aromatic heterocycles. The lowest BCUT2D eigenvalue weighted by atomic mass is 9.53. The number of fused-ring (bicyclic) bond motifs is 1. The van der Waals surface area contributed by atoms with E-state index in [4.69, 9.17) is 4.74 Å². The van der Waals surface area contributed by atoms with E-state index in [0.29, 0.717) is 0 Å². The van der Waals surface area contributed by atoms with Crippen LogP contribution in [-0.2, 0) is 19.1 Å². The van der Waals surface area contributed by atoms with Crippen molar-refractivity contribution in [1.29, 1.82) is 0 Å². The second-order valence-electron chi connectivity index (χ2n) is 10.00. The molecule has 1 heterocycles. The third-order valence-electron chi connectivity index (χ3n) is 7.64. The second kappa shape index (κ2) is 7.81. The zero-order valence-electron chi connectivity index (χ0n) is 18.0. The first-order chi connectivity index (χ1) is 14.9. The quantitative estimate of drug-likeness (QED) is 0.736. The maximum absolute atomic E-state index is 12.6. The predicted octanol–water partition coefficient (Wildman–Crippen LogP) is 3.58. The molecule has 6 heteroatoms. The van der Waals surface area contributed by atoms with E-state index < -0.39 is 12.0 Å². The highest BCUT2D eigenvalue weighted by molar-refractivity contribution is 5.83. The van der Waals surface area contributed by atoms with E-state index >= 15 is 0 Å². The Kier molecular flexibility index (Phi) is 5.11. The van der Waals surface area contributed by atoms with Gasteiger partial charge in [-0.05, 0) is 73.5 Å². The number of esters is 1. The lowest BCUT2D eigenvalue weighted by molar-refractivity contribution is -0.151. The number of ether oxygens (including phenoxy) is 1. The van der Waals surface area contributed by atoms with E-state index in [1.165, 1.54) is 26.2 Å². The number of hydrogen-bond acceptors (Lipinski definition) is 4. The van der Waals surface area contributed by atoms with Gasteiger partial charge in [0.1, 0.15) is 0 Å². The van der Waals surface area contributed by atoms with Gasteiger partial charge in [0, 0.05) is 18.7 Å². The van der Waals surface area contributed by atoms with Crippen LogP contribution >= 0.6 is 0 Å². The number of benzene rings is 1. The van der Waals surface area contributed by atoms with Crippen LogP contribution < -0.4 is 5.32 Å². The molecule has 1 aromatic carbocycles. The molecule has 4 fully saturated rings. The molecular weight excluding hydrogens is 392 g/mol. The Hall–Kier alpha value is -2.63. The topological polar surface area (TPSA) is 75.7 Å². The number of rotatable bonds is 5. The molecule has 1 aromatic rings. The van der Waals surface area contributed by atoms with E-state index in [9.17, 15) is 14.4 Å². The molecule has 2 amide bonds. The van der Waals surface area contributed by atoms with Gasteiger partial charge >= 0.3 is 5.97 Å². The molecule has 1 N–H and O–H groups in total. The summed E-state index contributed by atoms with van der Waals surface area (Å²) >= 11 is 0. The Morgan fingerprint density at radius 1 is 1.06 bits per heavy atom. The van der Waals surface area contributed by atoms with E-state index in [1.54, 1.807) is 11.1 Å². The molecule has 1 atom stereocenters. The smallest absolute Gasteiger partial charge is 0.308 e. The zero-order valence-corrected chi connectivity index (χ0v) is 18.0. The maximum Gasteiger partial charge on any atom is 0.308 e. The third-order valence-corrected chi connectivity index (χ3v) is 7.64. The van der Waals surface area contributed by atoms with Crippen LogP contribution in [-0.4, -0.2) is 34.8 Å². The third kappa shape index (κ3) is 4.00. The fraction of sp³-hybridized carbons (Fsp3) is 0.560. The summed E-state index contributed by atoms with van der Waals surface area (Å²) in [5.41, 5.74) is 1.81. The Morgan fingerprint density at radius 2 is 1.71 bits per heavy atom. The highest BCUT2D eigenvalue weighted by Crippen LogP contribution is 2.55. The number of nitrogens with one attached hydrogen (secondary N) is 1. The Morgan fingerprint density at radius 3 is 2.35 bits per heavy atom. The molecule has 0 spiro atoms. The Bertz CT molecular complexity index is 902. The van der Waals surface area contributed by atoms with Gasteiger partial charge in [-0.2, -0.15) is 0 Å². The van der Waals surface area contributed by atoms with Crippen LogP contribution in [0.2, 0.25) is 0 Å². The van der Waals surface area contributed by atoms with Crippen LogP contribution in [0.3, 0.4) is 0 Å². The Labute approximate surface area is 183 Å². The fourth-order valence-corrected chi connectivity index (χ4v) is 6.87. The molecule has 4 saturated carbocycles. The largest absolute Gasteiger partial charge is 0.456 e. The predicted molar refractivity (Wildman–Crippen MR) is 115 cm³/mol. The molecule has 164 valence electrons. The SMILES string of the molecule is CC(=O)N1C=Cc2ccccc2[C@H]1CC(=O)OCC(=O)NC12CC3CC(CC(C3)C1)C2. The van der Waals surface area contributed by atoms with Crippen molar-refractivity contribution < 1.29 is 19.1 Å². The summed E-state index contributed by atoms with van der Waals surface area (Å²) in [5.74, 6) is 1.41. The summed E-state index contributed by atoms with van der Waals surface area (Å²) in [6, 6.07) is 7.29. The molecule has 31 heavy (non-hydrogen) atoms. The fourth-order valence-electron chi connectivity index (χ4n) is 6.87. The molecule has 0 radical (unpaired) electrons. The van der Waals surface area contributed by atoms with Gasteiger partial charge < -0.3 is 15.0 Å². The van der Waals surface area contributed by atoms with Crippen molar-refractivity contribution in [3.8, 4) is 0 Å². The molecule has 4 bridgehead atoms. The van der Waals surface area contributed by atoms with Crippen molar-refractivity contribution in [2.75, 3.05) is 6.61 Å². The van der Waals surface area contributed by atoms with Crippen molar-refractivity contribution in [2.24, 2.45) is 17.8 Å². The van der Waals surface area contributed by atoms with Gasteiger partial charge in [-0.1, -0.05) is 24.3 Å². The van der Waals surface area contributed by atoms with Gasteiger partial charge in [-0.3, -0.25) is 14.4 Å². The van der Waals surface area contributed by atoms with Crippen LogP contribution in [0.5, 0.6) is 0 Å². The first kappa shape index (κ1) is 20.3. The van der Waals surface area contributed by atoms with Crippen molar-refractivity contribution in [2.45, 2.75) is 63.5 Å². The average molecular weight is 423 g/mol.